The molecule has 0 fully saturated rings. The molecule has 1 aliphatic heterocycles. The van der Waals surface area contributed by atoms with Crippen LogP contribution in [0.4, 0.5) is 0 Å². The highest BCUT2D eigenvalue weighted by Crippen LogP contribution is 2.29. The number of hydrogen-bond donors (Lipinski definition) is 3. The van der Waals surface area contributed by atoms with Gasteiger partial charge in [-0.05, 0) is 52.0 Å². The molecule has 2 rings (SSSR count). The van der Waals surface area contributed by atoms with Crippen LogP contribution >= 0.6 is 23.7 Å². The summed E-state index contributed by atoms with van der Waals surface area (Å²) in [5.74, 6) is -0.0408. The van der Waals surface area contributed by atoms with Crippen molar-refractivity contribution >= 4 is 35.6 Å². The van der Waals surface area contributed by atoms with E-state index in [0.29, 0.717) is 13.1 Å². The molecule has 5 nitrogen and oxygen atoms in total. The molecule has 2 amide bonds. The first-order valence-corrected chi connectivity index (χ1v) is 9.22. The summed E-state index contributed by atoms with van der Waals surface area (Å²) in [6.45, 7) is 9.40. The van der Waals surface area contributed by atoms with Gasteiger partial charge in [-0.25, -0.2) is 0 Å². The molecule has 1 aromatic rings. The van der Waals surface area contributed by atoms with Gasteiger partial charge in [0.2, 0.25) is 5.91 Å². The van der Waals surface area contributed by atoms with Crippen LogP contribution in [0.25, 0.3) is 0 Å². The second kappa shape index (κ2) is 8.83. The van der Waals surface area contributed by atoms with Crippen LogP contribution < -0.4 is 16.0 Å². The Morgan fingerprint density at radius 2 is 1.68 bits per heavy atom. The van der Waals surface area contributed by atoms with Gasteiger partial charge in [0.05, 0.1) is 4.88 Å². The molecule has 3 N–H and O–H groups in total. The Kier molecular flexibility index (Phi) is 7.65. The molecule has 0 unspecified atom stereocenters. The van der Waals surface area contributed by atoms with Gasteiger partial charge in [0.25, 0.3) is 5.91 Å². The molecule has 1 aliphatic rings. The molecule has 140 valence electrons. The van der Waals surface area contributed by atoms with E-state index < -0.39 is 0 Å². The Morgan fingerprint density at radius 3 is 2.16 bits per heavy atom. The highest BCUT2D eigenvalue weighted by molar-refractivity contribution is 7.12. The lowest BCUT2D eigenvalue weighted by atomic mass is 9.96. The van der Waals surface area contributed by atoms with Crippen molar-refractivity contribution < 1.29 is 9.59 Å². The first kappa shape index (κ1) is 21.7. The number of unbranched alkanes of at least 4 members (excludes halogenated alkanes) is 1. The molecule has 0 bridgehead atoms. The number of carbonyl (C=O) groups is 2. The quantitative estimate of drug-likeness (QED) is 0.632. The third kappa shape index (κ3) is 6.13. The second-order valence-corrected chi connectivity index (χ2v) is 8.17. The maximum absolute atomic E-state index is 12.4. The van der Waals surface area contributed by atoms with Gasteiger partial charge in [0.1, 0.15) is 0 Å². The van der Waals surface area contributed by atoms with Gasteiger partial charge in [-0.3, -0.25) is 14.9 Å². The first-order valence-electron chi connectivity index (χ1n) is 8.34. The van der Waals surface area contributed by atoms with E-state index in [-0.39, 0.29) is 35.3 Å². The normalized spacial score (nSPS) is 17.4. The van der Waals surface area contributed by atoms with Gasteiger partial charge in [0, 0.05) is 29.7 Å². The number of thiophene rings is 1. The third-order valence-electron chi connectivity index (χ3n) is 3.98. The van der Waals surface area contributed by atoms with Crippen molar-refractivity contribution in [1.82, 2.24) is 16.0 Å². The smallest absolute Gasteiger partial charge is 0.261 e. The molecule has 25 heavy (non-hydrogen) atoms. The monoisotopic (exact) mass is 385 g/mol. The van der Waals surface area contributed by atoms with E-state index in [1.807, 2.05) is 37.4 Å². The molecule has 7 heteroatoms. The van der Waals surface area contributed by atoms with E-state index in [9.17, 15) is 9.59 Å². The van der Waals surface area contributed by atoms with Crippen molar-refractivity contribution in [2.75, 3.05) is 13.1 Å². The lowest BCUT2D eigenvalue weighted by Crippen LogP contribution is -2.47. The van der Waals surface area contributed by atoms with Crippen LogP contribution in [0.2, 0.25) is 0 Å². The minimum Gasteiger partial charge on any atom is -0.352 e. The summed E-state index contributed by atoms with van der Waals surface area (Å²) in [6.07, 6.45) is 3.67. The summed E-state index contributed by atoms with van der Waals surface area (Å²) in [7, 11) is 0. The lowest BCUT2D eigenvalue weighted by Gasteiger charge is -2.27. The second-order valence-electron chi connectivity index (χ2n) is 7.23. The average Bonchev–Trinajstić information content (AvgIpc) is 3.07. The van der Waals surface area contributed by atoms with Gasteiger partial charge in [0.15, 0.2) is 0 Å². The SMILES string of the molecule is CC1(C)C=C(C(=O)NCCCCNC(=O)c2cccs2)C(C)(C)N1.Cl. The summed E-state index contributed by atoms with van der Waals surface area (Å²) in [6, 6.07) is 3.68. The summed E-state index contributed by atoms with van der Waals surface area (Å²) in [5, 5.41) is 11.2. The van der Waals surface area contributed by atoms with Gasteiger partial charge in [-0.15, -0.1) is 23.7 Å². The largest absolute Gasteiger partial charge is 0.352 e. The molecule has 0 spiro atoms. The van der Waals surface area contributed by atoms with E-state index in [4.69, 9.17) is 0 Å². The van der Waals surface area contributed by atoms with Crippen molar-refractivity contribution in [2.45, 2.75) is 51.6 Å². The highest BCUT2D eigenvalue weighted by atomic mass is 35.5. The van der Waals surface area contributed by atoms with Crippen LogP contribution in [0.5, 0.6) is 0 Å². The van der Waals surface area contributed by atoms with E-state index >= 15 is 0 Å². The first-order chi connectivity index (χ1) is 11.2. The third-order valence-corrected chi connectivity index (χ3v) is 4.85. The van der Waals surface area contributed by atoms with E-state index in [2.05, 4.69) is 29.8 Å². The van der Waals surface area contributed by atoms with Crippen LogP contribution in [0.1, 0.15) is 50.2 Å². The summed E-state index contributed by atoms with van der Waals surface area (Å²) < 4.78 is 0. The van der Waals surface area contributed by atoms with Crippen molar-refractivity contribution in [3.63, 3.8) is 0 Å². The number of nitrogens with one attached hydrogen (secondary N) is 3. The summed E-state index contributed by atoms with van der Waals surface area (Å²) in [5.41, 5.74) is 0.309. The van der Waals surface area contributed by atoms with Crippen molar-refractivity contribution in [1.29, 1.82) is 0 Å². The zero-order valence-electron chi connectivity index (χ0n) is 15.3. The van der Waals surface area contributed by atoms with Crippen molar-refractivity contribution in [3.8, 4) is 0 Å². The Hall–Kier alpha value is -1.37. The van der Waals surface area contributed by atoms with Gasteiger partial charge >= 0.3 is 0 Å². The zero-order valence-corrected chi connectivity index (χ0v) is 16.9. The summed E-state index contributed by atoms with van der Waals surface area (Å²) in [4.78, 5) is 24.9. The maximum atomic E-state index is 12.4. The fourth-order valence-corrected chi connectivity index (χ4v) is 3.68. The Bertz CT molecular complexity index is 624. The van der Waals surface area contributed by atoms with Gasteiger partial charge in [-0.2, -0.15) is 0 Å². The Balaban J connectivity index is 0.00000312. The fraction of sp³-hybridized carbons (Fsp3) is 0.556. The van der Waals surface area contributed by atoms with Gasteiger partial charge < -0.3 is 10.6 Å². The van der Waals surface area contributed by atoms with Crippen molar-refractivity contribution in [2.24, 2.45) is 0 Å². The summed E-state index contributed by atoms with van der Waals surface area (Å²) >= 11 is 1.44. The van der Waals surface area contributed by atoms with Crippen LogP contribution in [0.3, 0.4) is 0 Å². The van der Waals surface area contributed by atoms with Crippen LogP contribution in [-0.2, 0) is 4.79 Å². The van der Waals surface area contributed by atoms with Crippen molar-refractivity contribution in [3.05, 3.63) is 34.0 Å². The number of halogens is 1. The highest BCUT2D eigenvalue weighted by Gasteiger charge is 2.39. The average molecular weight is 386 g/mol. The standard InChI is InChI=1S/C18H27N3O2S.ClH/c1-17(2)12-13(18(3,4)21-17)15(22)19-9-5-6-10-20-16(23)14-8-7-11-24-14;/h7-8,11-12,21H,5-6,9-10H2,1-4H3,(H,19,22)(H,20,23);1H. The molecule has 2 heterocycles. The number of hydrogen-bond acceptors (Lipinski definition) is 4. The lowest BCUT2D eigenvalue weighted by molar-refractivity contribution is -0.118. The molecular weight excluding hydrogens is 358 g/mol. The predicted molar refractivity (Wildman–Crippen MR) is 106 cm³/mol. The molecule has 0 radical (unpaired) electrons. The molecule has 0 saturated carbocycles. The Morgan fingerprint density at radius 1 is 1.08 bits per heavy atom. The minimum absolute atomic E-state index is 0. The fourth-order valence-electron chi connectivity index (χ4n) is 3.04. The van der Waals surface area contributed by atoms with Crippen LogP contribution in [0, 0.1) is 0 Å². The van der Waals surface area contributed by atoms with Crippen LogP contribution in [-0.4, -0.2) is 36.0 Å². The maximum Gasteiger partial charge on any atom is 0.261 e. The van der Waals surface area contributed by atoms with Gasteiger partial charge in [-0.1, -0.05) is 12.1 Å². The molecule has 1 aromatic heterocycles. The van der Waals surface area contributed by atoms with E-state index in [1.54, 1.807) is 0 Å². The Labute approximate surface area is 160 Å². The van der Waals surface area contributed by atoms with E-state index in [1.165, 1.54) is 11.3 Å². The predicted octanol–water partition coefficient (Wildman–Crippen LogP) is 2.88. The number of rotatable bonds is 7. The van der Waals surface area contributed by atoms with Crippen LogP contribution in [0.15, 0.2) is 29.2 Å². The molecule has 0 aromatic carbocycles. The molecule has 0 aliphatic carbocycles. The molecule has 0 saturated heterocycles. The molecule has 0 atom stereocenters. The topological polar surface area (TPSA) is 70.2 Å². The number of carbonyl (C=O) groups excluding carboxylic acids is 2. The number of amides is 2. The zero-order chi connectivity index (χ0) is 17.8. The molecular formula is C18H28ClN3O2S. The van der Waals surface area contributed by atoms with E-state index in [0.717, 1.165) is 23.3 Å². The minimum atomic E-state index is -0.317.